The Morgan fingerprint density at radius 3 is 2.89 bits per heavy atom. The van der Waals surface area contributed by atoms with Gasteiger partial charge in [-0.3, -0.25) is 9.78 Å². The number of benzene rings is 1. The van der Waals surface area contributed by atoms with Crippen molar-refractivity contribution in [2.24, 2.45) is 0 Å². The lowest BCUT2D eigenvalue weighted by Crippen LogP contribution is -2.40. The quantitative estimate of drug-likeness (QED) is 0.736. The Hall–Kier alpha value is -3.06. The highest BCUT2D eigenvalue weighted by atomic mass is 19.1. The fourth-order valence-electron chi connectivity index (χ4n) is 3.50. The number of nitrogens with zero attached hydrogens (tertiary/aromatic N) is 3. The van der Waals surface area contributed by atoms with E-state index in [2.05, 4.69) is 9.97 Å². The van der Waals surface area contributed by atoms with Crippen molar-refractivity contribution in [1.82, 2.24) is 14.9 Å². The standard InChI is InChI=1S/C21H20FN3O3/c22-15-5-3-14(4-6-15)19-10-20(17-11-23-8-7-18(17)24-19)28-13-21(27)25-9-1-2-16(25)12-26/h3-8,10-11,16,26H,1-2,9,12-13H2. The molecule has 1 atom stereocenters. The predicted octanol–water partition coefficient (Wildman–Crippen LogP) is 2.80. The van der Waals surface area contributed by atoms with Crippen LogP contribution in [0.15, 0.2) is 48.8 Å². The minimum Gasteiger partial charge on any atom is -0.483 e. The summed E-state index contributed by atoms with van der Waals surface area (Å²) in [6, 6.07) is 9.41. The molecule has 0 spiro atoms. The van der Waals surface area contributed by atoms with Crippen LogP contribution in [0.5, 0.6) is 5.75 Å². The molecular weight excluding hydrogens is 361 g/mol. The minimum atomic E-state index is -0.320. The highest BCUT2D eigenvalue weighted by Crippen LogP contribution is 2.30. The van der Waals surface area contributed by atoms with Gasteiger partial charge in [-0.15, -0.1) is 0 Å². The van der Waals surface area contributed by atoms with E-state index in [9.17, 15) is 14.3 Å². The van der Waals surface area contributed by atoms with E-state index in [1.807, 2.05) is 0 Å². The maximum atomic E-state index is 13.2. The Kier molecular flexibility index (Phi) is 5.16. The highest BCUT2D eigenvalue weighted by Gasteiger charge is 2.28. The molecule has 1 aliphatic heterocycles. The molecule has 1 N–H and O–H groups in total. The number of hydrogen-bond acceptors (Lipinski definition) is 5. The molecule has 7 heteroatoms. The van der Waals surface area contributed by atoms with E-state index in [4.69, 9.17) is 4.74 Å². The summed E-state index contributed by atoms with van der Waals surface area (Å²) in [5.74, 6) is 0.0131. The van der Waals surface area contributed by atoms with Crippen LogP contribution in [0.2, 0.25) is 0 Å². The van der Waals surface area contributed by atoms with Crippen LogP contribution in [0, 0.1) is 5.82 Å². The van der Waals surface area contributed by atoms with Crippen molar-refractivity contribution < 1.29 is 19.0 Å². The molecule has 1 fully saturated rings. The van der Waals surface area contributed by atoms with Gasteiger partial charge in [0, 0.05) is 30.6 Å². The lowest BCUT2D eigenvalue weighted by Gasteiger charge is -2.23. The van der Waals surface area contributed by atoms with Gasteiger partial charge in [0.15, 0.2) is 6.61 Å². The smallest absolute Gasteiger partial charge is 0.260 e. The number of fused-ring (bicyclic) bond motifs is 1. The SMILES string of the molecule is O=C(COc1cc(-c2ccc(F)cc2)nc2ccncc12)N1CCCC1CO. The molecule has 4 rings (SSSR count). The Morgan fingerprint density at radius 2 is 2.11 bits per heavy atom. The second-order valence-corrected chi connectivity index (χ2v) is 6.76. The molecule has 2 aromatic heterocycles. The number of aliphatic hydroxyl groups excluding tert-OH is 1. The first-order chi connectivity index (χ1) is 13.7. The molecular formula is C21H20FN3O3. The summed E-state index contributed by atoms with van der Waals surface area (Å²) in [6.07, 6.45) is 4.96. The molecule has 0 aliphatic carbocycles. The van der Waals surface area contributed by atoms with Crippen molar-refractivity contribution in [2.45, 2.75) is 18.9 Å². The number of pyridine rings is 2. The Labute approximate surface area is 161 Å². The number of ether oxygens (including phenoxy) is 1. The van der Waals surface area contributed by atoms with Gasteiger partial charge in [-0.2, -0.15) is 0 Å². The van der Waals surface area contributed by atoms with Crippen LogP contribution in [-0.2, 0) is 4.79 Å². The molecule has 6 nitrogen and oxygen atoms in total. The van der Waals surface area contributed by atoms with Crippen molar-refractivity contribution in [3.05, 3.63) is 54.6 Å². The van der Waals surface area contributed by atoms with Crippen LogP contribution in [0.3, 0.4) is 0 Å². The summed E-state index contributed by atoms with van der Waals surface area (Å²) in [6.45, 7) is 0.461. The number of carbonyl (C=O) groups is 1. The number of aromatic nitrogens is 2. The first kappa shape index (κ1) is 18.3. The largest absolute Gasteiger partial charge is 0.483 e. The monoisotopic (exact) mass is 381 g/mol. The zero-order valence-electron chi connectivity index (χ0n) is 15.2. The number of amides is 1. The molecule has 144 valence electrons. The second-order valence-electron chi connectivity index (χ2n) is 6.76. The van der Waals surface area contributed by atoms with E-state index in [-0.39, 0.29) is 31.0 Å². The van der Waals surface area contributed by atoms with Gasteiger partial charge in [0.25, 0.3) is 5.91 Å². The number of aliphatic hydroxyl groups is 1. The van der Waals surface area contributed by atoms with Gasteiger partial charge < -0.3 is 14.7 Å². The first-order valence-corrected chi connectivity index (χ1v) is 9.19. The summed E-state index contributed by atoms with van der Waals surface area (Å²) in [7, 11) is 0. The van der Waals surface area contributed by atoms with Gasteiger partial charge in [-0.1, -0.05) is 0 Å². The van der Waals surface area contributed by atoms with E-state index in [1.165, 1.54) is 12.1 Å². The third-order valence-electron chi connectivity index (χ3n) is 4.97. The summed E-state index contributed by atoms with van der Waals surface area (Å²) in [4.78, 5) is 22.9. The van der Waals surface area contributed by atoms with E-state index in [1.54, 1.807) is 41.6 Å². The molecule has 0 radical (unpaired) electrons. The average molecular weight is 381 g/mol. The summed E-state index contributed by atoms with van der Waals surface area (Å²) in [5.41, 5.74) is 2.04. The molecule has 0 saturated carbocycles. The van der Waals surface area contributed by atoms with E-state index >= 15 is 0 Å². The molecule has 0 bridgehead atoms. The second kappa shape index (κ2) is 7.90. The summed E-state index contributed by atoms with van der Waals surface area (Å²) < 4.78 is 19.1. The van der Waals surface area contributed by atoms with Gasteiger partial charge in [-0.05, 0) is 43.2 Å². The molecule has 1 amide bonds. The maximum absolute atomic E-state index is 13.2. The lowest BCUT2D eigenvalue weighted by molar-refractivity contribution is -0.134. The van der Waals surface area contributed by atoms with Crippen LogP contribution in [0.25, 0.3) is 22.2 Å². The van der Waals surface area contributed by atoms with E-state index in [0.29, 0.717) is 28.9 Å². The lowest BCUT2D eigenvalue weighted by atomic mass is 10.1. The van der Waals surface area contributed by atoms with Gasteiger partial charge in [0.2, 0.25) is 0 Å². The number of likely N-dealkylation sites (tertiary alicyclic amines) is 1. The third-order valence-corrected chi connectivity index (χ3v) is 4.97. The van der Waals surface area contributed by atoms with Gasteiger partial charge in [-0.25, -0.2) is 9.37 Å². The average Bonchev–Trinajstić information content (AvgIpc) is 3.21. The zero-order chi connectivity index (χ0) is 19.5. The van der Waals surface area contributed by atoms with Crippen molar-refractivity contribution in [3.8, 4) is 17.0 Å². The van der Waals surface area contributed by atoms with Gasteiger partial charge in [0.05, 0.1) is 29.2 Å². The predicted molar refractivity (Wildman–Crippen MR) is 102 cm³/mol. The van der Waals surface area contributed by atoms with E-state index < -0.39 is 0 Å². The third kappa shape index (κ3) is 3.66. The van der Waals surface area contributed by atoms with E-state index in [0.717, 1.165) is 18.4 Å². The molecule has 1 unspecified atom stereocenters. The molecule has 1 aromatic carbocycles. The Morgan fingerprint density at radius 1 is 1.29 bits per heavy atom. The van der Waals surface area contributed by atoms with Crippen molar-refractivity contribution in [1.29, 1.82) is 0 Å². The molecule has 3 heterocycles. The maximum Gasteiger partial charge on any atom is 0.260 e. The summed E-state index contributed by atoms with van der Waals surface area (Å²) >= 11 is 0. The molecule has 28 heavy (non-hydrogen) atoms. The van der Waals surface area contributed by atoms with Crippen LogP contribution in [-0.4, -0.2) is 51.7 Å². The van der Waals surface area contributed by atoms with Crippen molar-refractivity contribution in [3.63, 3.8) is 0 Å². The minimum absolute atomic E-state index is 0.0391. The van der Waals surface area contributed by atoms with Crippen LogP contribution in [0.4, 0.5) is 4.39 Å². The van der Waals surface area contributed by atoms with Crippen LogP contribution >= 0.6 is 0 Å². The number of carbonyl (C=O) groups excluding carboxylic acids is 1. The highest BCUT2D eigenvalue weighted by molar-refractivity contribution is 5.87. The van der Waals surface area contributed by atoms with Crippen molar-refractivity contribution in [2.75, 3.05) is 19.8 Å². The van der Waals surface area contributed by atoms with Gasteiger partial charge >= 0.3 is 0 Å². The zero-order valence-corrected chi connectivity index (χ0v) is 15.2. The number of rotatable bonds is 5. The number of halogens is 1. The fourth-order valence-corrected chi connectivity index (χ4v) is 3.50. The van der Waals surface area contributed by atoms with Crippen LogP contribution < -0.4 is 4.74 Å². The Balaban J connectivity index is 1.62. The Bertz CT molecular complexity index is 994. The topological polar surface area (TPSA) is 75.5 Å². The van der Waals surface area contributed by atoms with Crippen molar-refractivity contribution >= 4 is 16.8 Å². The molecule has 1 aliphatic rings. The first-order valence-electron chi connectivity index (χ1n) is 9.19. The van der Waals surface area contributed by atoms with Gasteiger partial charge in [0.1, 0.15) is 11.6 Å². The fraction of sp³-hybridized carbons (Fsp3) is 0.286. The summed E-state index contributed by atoms with van der Waals surface area (Å²) in [5, 5.41) is 10.1. The number of hydrogen-bond donors (Lipinski definition) is 1. The van der Waals surface area contributed by atoms with Crippen LogP contribution in [0.1, 0.15) is 12.8 Å². The normalized spacial score (nSPS) is 16.5. The molecule has 1 saturated heterocycles. The molecule has 3 aromatic rings.